The van der Waals surface area contributed by atoms with Crippen molar-refractivity contribution in [3.05, 3.63) is 53.6 Å². The predicted molar refractivity (Wildman–Crippen MR) is 59.8 cm³/mol. The Morgan fingerprint density at radius 1 is 1.14 bits per heavy atom. The normalized spacial score (nSPS) is 31.6. The predicted octanol–water partition coefficient (Wildman–Crippen LogP) is 3.67. The van der Waals surface area contributed by atoms with Crippen molar-refractivity contribution in [2.24, 2.45) is 11.8 Å². The van der Waals surface area contributed by atoms with Crippen LogP contribution in [0.25, 0.3) is 6.08 Å². The molecule has 0 amide bonds. The third-order valence-corrected chi connectivity index (χ3v) is 3.26. The fourth-order valence-corrected chi connectivity index (χ4v) is 2.42. The highest BCUT2D eigenvalue weighted by Crippen LogP contribution is 2.52. The van der Waals surface area contributed by atoms with Gasteiger partial charge in [0.1, 0.15) is 0 Å². The van der Waals surface area contributed by atoms with Gasteiger partial charge in [-0.2, -0.15) is 0 Å². The van der Waals surface area contributed by atoms with Crippen LogP contribution in [0.2, 0.25) is 0 Å². The molecule has 0 spiro atoms. The molecule has 0 N–H and O–H groups in total. The smallest absolute Gasteiger partial charge is 0.00491 e. The van der Waals surface area contributed by atoms with Crippen molar-refractivity contribution in [2.45, 2.75) is 12.8 Å². The zero-order chi connectivity index (χ0) is 9.38. The van der Waals surface area contributed by atoms with Crippen molar-refractivity contribution in [1.82, 2.24) is 0 Å². The average molecular weight is 182 g/mol. The van der Waals surface area contributed by atoms with Gasteiger partial charge in [0.25, 0.3) is 0 Å². The van der Waals surface area contributed by atoms with Crippen LogP contribution in [-0.2, 0) is 0 Å². The molecule has 14 heavy (non-hydrogen) atoms. The minimum atomic E-state index is 0.781. The highest BCUT2D eigenvalue weighted by atomic mass is 14.5. The molecule has 2 aliphatic rings. The molecule has 0 aliphatic heterocycles. The Kier molecular flexibility index (Phi) is 1.80. The fourth-order valence-electron chi connectivity index (χ4n) is 2.42. The molecule has 0 aromatic heterocycles. The summed E-state index contributed by atoms with van der Waals surface area (Å²) < 4.78 is 0. The summed E-state index contributed by atoms with van der Waals surface area (Å²) in [6.45, 7) is 0. The Bertz CT molecular complexity index is 384. The molecule has 0 nitrogen and oxygen atoms in total. The molecule has 0 radical (unpaired) electrons. The van der Waals surface area contributed by atoms with Gasteiger partial charge in [0.2, 0.25) is 0 Å². The Hall–Kier alpha value is -1.30. The first-order chi connectivity index (χ1) is 6.95. The highest BCUT2D eigenvalue weighted by molar-refractivity contribution is 5.60. The van der Waals surface area contributed by atoms with E-state index in [1.807, 2.05) is 0 Å². The van der Waals surface area contributed by atoms with Gasteiger partial charge < -0.3 is 0 Å². The number of benzene rings is 1. The molecule has 1 fully saturated rings. The number of fused-ring (bicyclic) bond motifs is 1. The maximum atomic E-state index is 2.38. The molecule has 3 rings (SSSR count). The van der Waals surface area contributed by atoms with Crippen LogP contribution in [0.3, 0.4) is 0 Å². The molecule has 1 aromatic carbocycles. The number of hydrogen-bond acceptors (Lipinski definition) is 0. The van der Waals surface area contributed by atoms with Crippen molar-refractivity contribution >= 4 is 6.08 Å². The van der Waals surface area contributed by atoms with E-state index in [4.69, 9.17) is 0 Å². The number of rotatable bonds is 1. The van der Waals surface area contributed by atoms with Crippen LogP contribution in [0, 0.1) is 11.8 Å². The second-order valence-corrected chi connectivity index (χ2v) is 4.19. The summed E-state index contributed by atoms with van der Waals surface area (Å²) in [5.41, 5.74) is 3.00. The quantitative estimate of drug-likeness (QED) is 0.581. The van der Waals surface area contributed by atoms with E-state index in [0.717, 1.165) is 11.8 Å². The summed E-state index contributed by atoms with van der Waals surface area (Å²) in [4.78, 5) is 0. The fraction of sp³-hybridized carbons (Fsp3) is 0.286. The summed E-state index contributed by atoms with van der Waals surface area (Å²) >= 11 is 0. The molecule has 0 bridgehead atoms. The van der Waals surface area contributed by atoms with E-state index in [0.29, 0.717) is 0 Å². The van der Waals surface area contributed by atoms with Gasteiger partial charge in [-0.05, 0) is 24.3 Å². The third-order valence-electron chi connectivity index (χ3n) is 3.26. The maximum absolute atomic E-state index is 2.38. The van der Waals surface area contributed by atoms with Crippen LogP contribution in [0.5, 0.6) is 0 Å². The van der Waals surface area contributed by atoms with Crippen LogP contribution in [-0.4, -0.2) is 0 Å². The lowest BCUT2D eigenvalue weighted by Crippen LogP contribution is -1.83. The largest absolute Gasteiger partial charge is 0.0879 e. The minimum Gasteiger partial charge on any atom is -0.0879 e. The molecule has 2 atom stereocenters. The number of allylic oxidation sites excluding steroid dienone is 3. The van der Waals surface area contributed by atoms with Crippen molar-refractivity contribution in [3.8, 4) is 0 Å². The minimum absolute atomic E-state index is 0.781. The molecule has 70 valence electrons. The van der Waals surface area contributed by atoms with Crippen molar-refractivity contribution in [1.29, 1.82) is 0 Å². The Morgan fingerprint density at radius 3 is 2.71 bits per heavy atom. The van der Waals surface area contributed by atoms with E-state index >= 15 is 0 Å². The molecule has 0 heteroatoms. The van der Waals surface area contributed by atoms with E-state index < -0.39 is 0 Å². The summed E-state index contributed by atoms with van der Waals surface area (Å²) in [7, 11) is 0. The lowest BCUT2D eigenvalue weighted by Gasteiger charge is -1.96. The molecule has 2 aliphatic carbocycles. The van der Waals surface area contributed by atoms with Gasteiger partial charge >= 0.3 is 0 Å². The highest BCUT2D eigenvalue weighted by Gasteiger charge is 2.42. The van der Waals surface area contributed by atoms with Gasteiger partial charge in [-0.3, -0.25) is 0 Å². The first-order valence-corrected chi connectivity index (χ1v) is 5.38. The van der Waals surface area contributed by atoms with Gasteiger partial charge in [-0.1, -0.05) is 54.1 Å². The van der Waals surface area contributed by atoms with Crippen molar-refractivity contribution in [3.63, 3.8) is 0 Å². The van der Waals surface area contributed by atoms with Gasteiger partial charge in [0.15, 0.2) is 0 Å². The Balaban J connectivity index is 1.85. The topological polar surface area (TPSA) is 0 Å². The Labute approximate surface area is 85.0 Å². The van der Waals surface area contributed by atoms with Crippen LogP contribution in [0.1, 0.15) is 18.4 Å². The first kappa shape index (κ1) is 8.05. The average Bonchev–Trinajstić information content (AvgIpc) is 2.94. The van der Waals surface area contributed by atoms with Gasteiger partial charge in [-0.25, -0.2) is 0 Å². The molecule has 0 unspecified atom stereocenters. The standard InChI is InChI=1S/C14H14/c1-2-6-11(7-3-1)10-14-12-8-4-5-9-13(12)14/h1-4,6-8,10,12-13H,5,9H2/b14-10-/t12-,13+/m0/s1. The van der Waals surface area contributed by atoms with Gasteiger partial charge in [0.05, 0.1) is 0 Å². The molecular weight excluding hydrogens is 168 g/mol. The molecule has 1 saturated carbocycles. The zero-order valence-corrected chi connectivity index (χ0v) is 8.19. The van der Waals surface area contributed by atoms with Crippen LogP contribution >= 0.6 is 0 Å². The van der Waals surface area contributed by atoms with Gasteiger partial charge in [-0.15, -0.1) is 0 Å². The van der Waals surface area contributed by atoms with Gasteiger partial charge in [0, 0.05) is 5.92 Å². The van der Waals surface area contributed by atoms with E-state index in [1.54, 1.807) is 5.57 Å². The first-order valence-electron chi connectivity index (χ1n) is 5.38. The van der Waals surface area contributed by atoms with Crippen molar-refractivity contribution < 1.29 is 0 Å². The lowest BCUT2D eigenvalue weighted by molar-refractivity contribution is 0.689. The molecule has 0 heterocycles. The Morgan fingerprint density at radius 2 is 2.00 bits per heavy atom. The second kappa shape index (κ2) is 3.13. The number of hydrogen-bond donors (Lipinski definition) is 0. The maximum Gasteiger partial charge on any atom is 0.00491 e. The summed E-state index contributed by atoms with van der Waals surface area (Å²) in [6.07, 6.45) is 9.70. The van der Waals surface area contributed by atoms with E-state index in [9.17, 15) is 0 Å². The second-order valence-electron chi connectivity index (χ2n) is 4.19. The summed E-state index contributed by atoms with van der Waals surface area (Å²) in [6, 6.07) is 10.6. The molecular formula is C14H14. The molecule has 1 aromatic rings. The van der Waals surface area contributed by atoms with Crippen LogP contribution in [0.15, 0.2) is 48.1 Å². The van der Waals surface area contributed by atoms with E-state index in [1.165, 1.54) is 18.4 Å². The zero-order valence-electron chi connectivity index (χ0n) is 8.19. The summed E-state index contributed by atoms with van der Waals surface area (Å²) in [5.74, 6) is 1.66. The van der Waals surface area contributed by atoms with Crippen LogP contribution in [0.4, 0.5) is 0 Å². The van der Waals surface area contributed by atoms with Crippen molar-refractivity contribution in [2.75, 3.05) is 0 Å². The summed E-state index contributed by atoms with van der Waals surface area (Å²) in [5, 5.41) is 0. The third kappa shape index (κ3) is 1.31. The van der Waals surface area contributed by atoms with E-state index in [-0.39, 0.29) is 0 Å². The SMILES string of the molecule is C1=C[C@@H]2/C(=C/c3ccccc3)[C@@H]2CC1. The van der Waals surface area contributed by atoms with E-state index in [2.05, 4.69) is 48.6 Å². The monoisotopic (exact) mass is 182 g/mol. The molecule has 0 saturated heterocycles. The van der Waals surface area contributed by atoms with Crippen LogP contribution < -0.4 is 0 Å². The lowest BCUT2D eigenvalue weighted by atomic mass is 10.1.